The molecule has 0 saturated heterocycles. The van der Waals surface area contributed by atoms with Crippen molar-refractivity contribution in [3.05, 3.63) is 17.8 Å². The summed E-state index contributed by atoms with van der Waals surface area (Å²) in [5.41, 5.74) is 6.56. The predicted molar refractivity (Wildman–Crippen MR) is 69.6 cm³/mol. The minimum absolute atomic E-state index is 0.104. The van der Waals surface area contributed by atoms with Crippen molar-refractivity contribution in [3.8, 4) is 0 Å². The van der Waals surface area contributed by atoms with Crippen LogP contribution in [-0.4, -0.2) is 42.9 Å². The minimum Gasteiger partial charge on any atom is -0.465 e. The molecule has 0 aliphatic carbocycles. The first-order chi connectivity index (χ1) is 8.65. The number of anilines is 2. The minimum atomic E-state index is -0.477. The van der Waals surface area contributed by atoms with E-state index in [-0.39, 0.29) is 6.61 Å². The number of aliphatic hydroxyl groups excluding tert-OH is 1. The van der Waals surface area contributed by atoms with Crippen LogP contribution >= 0.6 is 0 Å². The number of rotatable bonds is 6. The van der Waals surface area contributed by atoms with Crippen LogP contribution in [0.2, 0.25) is 0 Å². The lowest BCUT2D eigenvalue weighted by molar-refractivity contribution is 0.0602. The van der Waals surface area contributed by atoms with Gasteiger partial charge in [-0.1, -0.05) is 0 Å². The second-order valence-electron chi connectivity index (χ2n) is 3.74. The van der Waals surface area contributed by atoms with Gasteiger partial charge < -0.3 is 20.5 Å². The summed E-state index contributed by atoms with van der Waals surface area (Å²) in [5.74, 6) is 0.0724. The number of nitrogens with zero attached hydrogens (tertiary/aromatic N) is 2. The number of ether oxygens (including phenoxy) is 1. The zero-order chi connectivity index (χ0) is 13.5. The fraction of sp³-hybridized carbons (Fsp3) is 0.500. The smallest absolute Gasteiger partial charge is 0.340 e. The van der Waals surface area contributed by atoms with Gasteiger partial charge in [0.2, 0.25) is 0 Å². The number of aromatic nitrogens is 1. The molecule has 18 heavy (non-hydrogen) atoms. The second kappa shape index (κ2) is 6.80. The highest BCUT2D eigenvalue weighted by Gasteiger charge is 2.17. The summed E-state index contributed by atoms with van der Waals surface area (Å²) in [6.45, 7) is 3.40. The van der Waals surface area contributed by atoms with Crippen LogP contribution in [0.3, 0.4) is 0 Å². The van der Waals surface area contributed by atoms with Crippen LogP contribution in [0.4, 0.5) is 11.5 Å². The van der Waals surface area contributed by atoms with Gasteiger partial charge in [-0.3, -0.25) is 0 Å². The number of carbonyl (C=O) groups is 1. The van der Waals surface area contributed by atoms with Gasteiger partial charge in [0.05, 0.1) is 18.4 Å². The summed E-state index contributed by atoms with van der Waals surface area (Å²) in [6, 6.07) is 1.53. The maximum absolute atomic E-state index is 11.5. The quantitative estimate of drug-likeness (QED) is 0.724. The Morgan fingerprint density at radius 2 is 2.33 bits per heavy atom. The monoisotopic (exact) mass is 253 g/mol. The molecule has 6 heteroatoms. The van der Waals surface area contributed by atoms with Gasteiger partial charge in [-0.2, -0.15) is 0 Å². The summed E-state index contributed by atoms with van der Waals surface area (Å²) in [6.07, 6.45) is 2.15. The molecule has 0 aliphatic rings. The van der Waals surface area contributed by atoms with Crippen molar-refractivity contribution in [3.63, 3.8) is 0 Å². The average molecular weight is 253 g/mol. The molecule has 0 bridgehead atoms. The number of aliphatic hydroxyl groups is 1. The maximum Gasteiger partial charge on any atom is 0.340 e. The van der Waals surface area contributed by atoms with E-state index in [2.05, 4.69) is 9.72 Å². The molecule has 0 fully saturated rings. The number of hydrogen-bond donors (Lipinski definition) is 2. The number of methoxy groups -OCH3 is 1. The molecule has 1 heterocycles. The Bertz CT molecular complexity index is 410. The number of hydrogen-bond acceptors (Lipinski definition) is 6. The Balaban J connectivity index is 3.04. The maximum atomic E-state index is 11.5. The van der Waals surface area contributed by atoms with Crippen LogP contribution < -0.4 is 10.6 Å². The van der Waals surface area contributed by atoms with Gasteiger partial charge in [0, 0.05) is 25.9 Å². The van der Waals surface area contributed by atoms with Crippen molar-refractivity contribution in [2.24, 2.45) is 0 Å². The van der Waals surface area contributed by atoms with E-state index in [9.17, 15) is 4.79 Å². The van der Waals surface area contributed by atoms with Gasteiger partial charge in [0.1, 0.15) is 0 Å². The lowest BCUT2D eigenvalue weighted by Crippen LogP contribution is -2.27. The van der Waals surface area contributed by atoms with E-state index in [1.807, 2.05) is 11.8 Å². The van der Waals surface area contributed by atoms with E-state index in [4.69, 9.17) is 10.8 Å². The molecule has 0 unspecified atom stereocenters. The van der Waals surface area contributed by atoms with Crippen molar-refractivity contribution in [1.29, 1.82) is 0 Å². The van der Waals surface area contributed by atoms with Crippen molar-refractivity contribution in [2.45, 2.75) is 13.3 Å². The molecule has 0 aromatic carbocycles. The van der Waals surface area contributed by atoms with Gasteiger partial charge in [0.25, 0.3) is 0 Å². The normalized spacial score (nSPS) is 10.2. The van der Waals surface area contributed by atoms with E-state index in [1.54, 1.807) is 0 Å². The lowest BCUT2D eigenvalue weighted by atomic mass is 10.2. The first-order valence-electron chi connectivity index (χ1n) is 5.84. The first-order valence-corrected chi connectivity index (χ1v) is 5.84. The molecule has 0 radical (unpaired) electrons. The lowest BCUT2D eigenvalue weighted by Gasteiger charge is -2.23. The van der Waals surface area contributed by atoms with E-state index in [0.29, 0.717) is 36.6 Å². The van der Waals surface area contributed by atoms with Gasteiger partial charge in [-0.25, -0.2) is 9.78 Å². The molecule has 0 atom stereocenters. The van der Waals surface area contributed by atoms with E-state index in [1.165, 1.54) is 19.4 Å². The molecule has 1 aromatic heterocycles. The Hall–Kier alpha value is -1.82. The number of carbonyl (C=O) groups excluding carboxylic acids is 1. The fourth-order valence-electron chi connectivity index (χ4n) is 1.68. The summed E-state index contributed by atoms with van der Waals surface area (Å²) < 4.78 is 4.66. The topological polar surface area (TPSA) is 88.7 Å². The summed E-state index contributed by atoms with van der Waals surface area (Å²) in [5, 5.41) is 8.86. The first kappa shape index (κ1) is 14.2. The van der Waals surface area contributed by atoms with Gasteiger partial charge >= 0.3 is 5.97 Å². The standard InChI is InChI=1S/C12H19N3O3/c1-3-15(7-4-8-16)11-10(13)9(5-6-14-11)12(17)18-2/h5-6,16H,3-4,7-8,13H2,1-2H3. The Kier molecular flexibility index (Phi) is 5.38. The molecule has 0 amide bonds. The Labute approximate surface area is 106 Å². The number of nitrogen functional groups attached to an aromatic ring is 1. The van der Waals surface area contributed by atoms with Crippen molar-refractivity contribution in [1.82, 2.24) is 4.98 Å². The molecular weight excluding hydrogens is 234 g/mol. The SMILES string of the molecule is CCN(CCCO)c1nccc(C(=O)OC)c1N. The molecule has 1 aromatic rings. The Morgan fingerprint density at radius 1 is 1.61 bits per heavy atom. The van der Waals surface area contributed by atoms with Crippen molar-refractivity contribution in [2.75, 3.05) is 37.4 Å². The zero-order valence-electron chi connectivity index (χ0n) is 10.7. The van der Waals surface area contributed by atoms with Crippen LogP contribution in [0.5, 0.6) is 0 Å². The molecule has 0 aliphatic heterocycles. The van der Waals surface area contributed by atoms with Crippen molar-refractivity contribution >= 4 is 17.5 Å². The van der Waals surface area contributed by atoms with Crippen molar-refractivity contribution < 1.29 is 14.6 Å². The summed E-state index contributed by atoms with van der Waals surface area (Å²) in [7, 11) is 1.31. The molecule has 0 saturated carbocycles. The summed E-state index contributed by atoms with van der Waals surface area (Å²) >= 11 is 0. The van der Waals surface area contributed by atoms with Crippen LogP contribution in [0.1, 0.15) is 23.7 Å². The van der Waals surface area contributed by atoms with Gasteiger partial charge in [-0.15, -0.1) is 0 Å². The van der Waals surface area contributed by atoms with E-state index >= 15 is 0 Å². The molecule has 6 nitrogen and oxygen atoms in total. The third-order valence-corrected chi connectivity index (χ3v) is 2.64. The average Bonchev–Trinajstić information content (AvgIpc) is 2.40. The number of esters is 1. The van der Waals surface area contributed by atoms with Gasteiger partial charge in [-0.05, 0) is 19.4 Å². The Morgan fingerprint density at radius 3 is 2.89 bits per heavy atom. The van der Waals surface area contributed by atoms with E-state index in [0.717, 1.165) is 0 Å². The predicted octanol–water partition coefficient (Wildman–Crippen LogP) is 0.659. The van der Waals surface area contributed by atoms with Crippen LogP contribution in [-0.2, 0) is 4.74 Å². The molecular formula is C12H19N3O3. The highest BCUT2D eigenvalue weighted by molar-refractivity contribution is 5.97. The highest BCUT2D eigenvalue weighted by Crippen LogP contribution is 2.24. The van der Waals surface area contributed by atoms with Gasteiger partial charge in [0.15, 0.2) is 5.82 Å². The zero-order valence-corrected chi connectivity index (χ0v) is 10.7. The van der Waals surface area contributed by atoms with E-state index < -0.39 is 5.97 Å². The number of nitrogens with two attached hydrogens (primary N) is 1. The fourth-order valence-corrected chi connectivity index (χ4v) is 1.68. The van der Waals surface area contributed by atoms with Crippen LogP contribution in [0, 0.1) is 0 Å². The summed E-state index contributed by atoms with van der Waals surface area (Å²) in [4.78, 5) is 17.6. The highest BCUT2D eigenvalue weighted by atomic mass is 16.5. The third kappa shape index (κ3) is 3.10. The second-order valence-corrected chi connectivity index (χ2v) is 3.74. The third-order valence-electron chi connectivity index (χ3n) is 2.64. The molecule has 0 spiro atoms. The largest absolute Gasteiger partial charge is 0.465 e. The van der Waals surface area contributed by atoms with Crippen LogP contribution in [0.25, 0.3) is 0 Å². The molecule has 3 N–H and O–H groups in total. The number of pyridine rings is 1. The molecule has 100 valence electrons. The van der Waals surface area contributed by atoms with Crippen LogP contribution in [0.15, 0.2) is 12.3 Å². The molecule has 1 rings (SSSR count).